The van der Waals surface area contributed by atoms with E-state index in [1.165, 1.54) is 25.2 Å². The number of hydrogen-bond acceptors (Lipinski definition) is 5. The zero-order valence-electron chi connectivity index (χ0n) is 13.1. The molecule has 1 atom stereocenters. The maximum absolute atomic E-state index is 12.1. The second-order valence-electron chi connectivity index (χ2n) is 5.08. The van der Waals surface area contributed by atoms with E-state index in [0.29, 0.717) is 16.1 Å². The lowest BCUT2D eigenvalue weighted by Crippen LogP contribution is -2.29. The van der Waals surface area contributed by atoms with Crippen LogP contribution in [0.15, 0.2) is 36.4 Å². The maximum Gasteiger partial charge on any atom is 0.349 e. The average Bonchev–Trinajstić information content (AvgIpc) is 2.94. The highest BCUT2D eigenvalue weighted by molar-refractivity contribution is 7.13. The van der Waals surface area contributed by atoms with E-state index in [1.54, 1.807) is 30.3 Å². The van der Waals surface area contributed by atoms with E-state index in [-0.39, 0.29) is 5.78 Å². The lowest BCUT2D eigenvalue weighted by Gasteiger charge is -2.13. The van der Waals surface area contributed by atoms with Gasteiger partial charge in [-0.1, -0.05) is 12.1 Å². The Morgan fingerprint density at radius 3 is 2.52 bits per heavy atom. The van der Waals surface area contributed by atoms with E-state index >= 15 is 0 Å². The Hall–Kier alpha value is -2.47. The number of ether oxygens (including phenoxy) is 1. The largest absolute Gasteiger partial charge is 0.448 e. The number of aryl methyl sites for hydroxylation is 1. The molecular formula is C17H17NO4S. The zero-order chi connectivity index (χ0) is 17.0. The molecule has 0 bridgehead atoms. The third-order valence-corrected chi connectivity index (χ3v) is 4.11. The van der Waals surface area contributed by atoms with Gasteiger partial charge in [-0.05, 0) is 45.0 Å². The Balaban J connectivity index is 1.98. The zero-order valence-corrected chi connectivity index (χ0v) is 13.9. The van der Waals surface area contributed by atoms with Crippen molar-refractivity contribution in [1.29, 1.82) is 0 Å². The van der Waals surface area contributed by atoms with Gasteiger partial charge in [-0.3, -0.25) is 9.59 Å². The van der Waals surface area contributed by atoms with Gasteiger partial charge in [-0.25, -0.2) is 4.79 Å². The standard InChI is InChI=1S/C17H17NO4S/c1-10-7-8-15(23-10)17(21)22-12(3)16(20)18-14-6-4-5-13(9-14)11(2)19/h4-9,12H,1-3H3,(H,18,20)/t12-/m0/s1. The Kier molecular flexibility index (Phi) is 5.28. The first kappa shape index (κ1) is 16.9. The van der Waals surface area contributed by atoms with Crippen molar-refractivity contribution in [3.63, 3.8) is 0 Å². The molecule has 1 N–H and O–H groups in total. The Morgan fingerprint density at radius 1 is 1.17 bits per heavy atom. The lowest BCUT2D eigenvalue weighted by molar-refractivity contribution is -0.123. The second kappa shape index (κ2) is 7.19. The number of thiophene rings is 1. The topological polar surface area (TPSA) is 72.5 Å². The van der Waals surface area contributed by atoms with Gasteiger partial charge in [0.15, 0.2) is 11.9 Å². The van der Waals surface area contributed by atoms with Crippen molar-refractivity contribution in [1.82, 2.24) is 0 Å². The number of rotatable bonds is 5. The van der Waals surface area contributed by atoms with E-state index in [2.05, 4.69) is 5.32 Å². The van der Waals surface area contributed by atoms with Crippen LogP contribution in [0.5, 0.6) is 0 Å². The molecule has 0 radical (unpaired) electrons. The van der Waals surface area contributed by atoms with E-state index < -0.39 is 18.0 Å². The van der Waals surface area contributed by atoms with Crippen LogP contribution in [0.2, 0.25) is 0 Å². The average molecular weight is 331 g/mol. The summed E-state index contributed by atoms with van der Waals surface area (Å²) in [6.45, 7) is 4.84. The van der Waals surface area contributed by atoms with Gasteiger partial charge in [-0.2, -0.15) is 0 Å². The number of amides is 1. The van der Waals surface area contributed by atoms with E-state index in [4.69, 9.17) is 4.74 Å². The molecule has 120 valence electrons. The molecule has 5 nitrogen and oxygen atoms in total. The summed E-state index contributed by atoms with van der Waals surface area (Å²) in [5.74, 6) is -1.07. The van der Waals surface area contributed by atoms with Crippen LogP contribution < -0.4 is 5.32 Å². The van der Waals surface area contributed by atoms with Crippen LogP contribution in [0, 0.1) is 6.92 Å². The molecule has 1 aromatic heterocycles. The van der Waals surface area contributed by atoms with Gasteiger partial charge in [0, 0.05) is 16.1 Å². The van der Waals surface area contributed by atoms with Gasteiger partial charge in [0.1, 0.15) is 4.88 Å². The van der Waals surface area contributed by atoms with Gasteiger partial charge in [0.05, 0.1) is 0 Å². The number of Topliss-reactive ketones (excluding diaryl/α,β-unsaturated/α-hetero) is 1. The van der Waals surface area contributed by atoms with Crippen LogP contribution in [0.25, 0.3) is 0 Å². The normalized spacial score (nSPS) is 11.6. The first-order chi connectivity index (χ1) is 10.9. The van der Waals surface area contributed by atoms with Gasteiger partial charge in [-0.15, -0.1) is 11.3 Å². The summed E-state index contributed by atoms with van der Waals surface area (Å²) < 4.78 is 5.15. The third-order valence-electron chi connectivity index (χ3n) is 3.13. The van der Waals surface area contributed by atoms with Gasteiger partial charge in [0.2, 0.25) is 0 Å². The second-order valence-corrected chi connectivity index (χ2v) is 6.37. The minimum atomic E-state index is -0.939. The number of ketones is 1. The highest BCUT2D eigenvalue weighted by Gasteiger charge is 2.20. The summed E-state index contributed by atoms with van der Waals surface area (Å²) in [6.07, 6.45) is -0.939. The summed E-state index contributed by atoms with van der Waals surface area (Å²) in [6, 6.07) is 10.1. The molecule has 6 heteroatoms. The number of esters is 1. The fourth-order valence-corrected chi connectivity index (χ4v) is 2.63. The quantitative estimate of drug-likeness (QED) is 0.673. The summed E-state index contributed by atoms with van der Waals surface area (Å²) in [7, 11) is 0. The third kappa shape index (κ3) is 4.50. The fraction of sp³-hybridized carbons (Fsp3) is 0.235. The molecule has 0 spiro atoms. The molecule has 0 aliphatic carbocycles. The van der Waals surface area contributed by atoms with Crippen molar-refractivity contribution in [3.8, 4) is 0 Å². The van der Waals surface area contributed by atoms with Crippen molar-refractivity contribution in [3.05, 3.63) is 51.7 Å². The first-order valence-electron chi connectivity index (χ1n) is 7.06. The summed E-state index contributed by atoms with van der Waals surface area (Å²) in [5.41, 5.74) is 0.985. The Morgan fingerprint density at radius 2 is 1.91 bits per heavy atom. The Labute approximate surface area is 138 Å². The van der Waals surface area contributed by atoms with Crippen LogP contribution in [0.1, 0.15) is 38.8 Å². The lowest BCUT2D eigenvalue weighted by atomic mass is 10.1. The fourth-order valence-electron chi connectivity index (χ4n) is 1.88. The highest BCUT2D eigenvalue weighted by Crippen LogP contribution is 2.17. The minimum absolute atomic E-state index is 0.0892. The molecule has 23 heavy (non-hydrogen) atoms. The van der Waals surface area contributed by atoms with Crippen molar-refractivity contribution < 1.29 is 19.1 Å². The smallest absolute Gasteiger partial charge is 0.349 e. The molecule has 0 saturated heterocycles. The predicted molar refractivity (Wildman–Crippen MR) is 89.0 cm³/mol. The SMILES string of the molecule is CC(=O)c1cccc(NC(=O)[C@H](C)OC(=O)c2ccc(C)s2)c1. The van der Waals surface area contributed by atoms with Crippen LogP contribution in [-0.4, -0.2) is 23.8 Å². The van der Waals surface area contributed by atoms with Crippen LogP contribution in [0.4, 0.5) is 5.69 Å². The van der Waals surface area contributed by atoms with Crippen LogP contribution in [0.3, 0.4) is 0 Å². The predicted octanol–water partition coefficient (Wildman–Crippen LogP) is 3.44. The number of nitrogens with one attached hydrogen (secondary N) is 1. The summed E-state index contributed by atoms with van der Waals surface area (Å²) >= 11 is 1.31. The summed E-state index contributed by atoms with van der Waals surface area (Å²) in [5, 5.41) is 2.63. The van der Waals surface area contributed by atoms with Gasteiger partial charge in [0.25, 0.3) is 5.91 Å². The van der Waals surface area contributed by atoms with E-state index in [0.717, 1.165) is 4.88 Å². The molecular weight excluding hydrogens is 314 g/mol. The molecule has 0 aliphatic rings. The van der Waals surface area contributed by atoms with Gasteiger partial charge < -0.3 is 10.1 Å². The Bertz CT molecular complexity index is 751. The molecule has 0 aliphatic heterocycles. The molecule has 0 saturated carbocycles. The molecule has 1 heterocycles. The number of carbonyl (C=O) groups excluding carboxylic acids is 3. The van der Waals surface area contributed by atoms with Crippen molar-refractivity contribution in [2.24, 2.45) is 0 Å². The summed E-state index contributed by atoms with van der Waals surface area (Å²) in [4.78, 5) is 36.8. The number of carbonyl (C=O) groups is 3. The first-order valence-corrected chi connectivity index (χ1v) is 7.88. The van der Waals surface area contributed by atoms with Crippen LogP contribution in [-0.2, 0) is 9.53 Å². The van der Waals surface area contributed by atoms with Crippen LogP contribution >= 0.6 is 11.3 Å². The van der Waals surface area contributed by atoms with E-state index in [1.807, 2.05) is 13.0 Å². The number of benzene rings is 1. The number of hydrogen-bond donors (Lipinski definition) is 1. The molecule has 1 amide bonds. The maximum atomic E-state index is 12.1. The molecule has 0 fully saturated rings. The number of anilines is 1. The molecule has 1 aromatic carbocycles. The monoisotopic (exact) mass is 331 g/mol. The van der Waals surface area contributed by atoms with Crippen molar-refractivity contribution in [2.75, 3.05) is 5.32 Å². The highest BCUT2D eigenvalue weighted by atomic mass is 32.1. The molecule has 0 unspecified atom stereocenters. The molecule has 2 aromatic rings. The van der Waals surface area contributed by atoms with E-state index in [9.17, 15) is 14.4 Å². The van der Waals surface area contributed by atoms with Crippen molar-refractivity contribution >= 4 is 34.7 Å². The van der Waals surface area contributed by atoms with Gasteiger partial charge >= 0.3 is 5.97 Å². The van der Waals surface area contributed by atoms with Crippen molar-refractivity contribution in [2.45, 2.75) is 26.9 Å². The molecule has 2 rings (SSSR count). The minimum Gasteiger partial charge on any atom is -0.448 e.